The van der Waals surface area contributed by atoms with Crippen LogP contribution in [0.5, 0.6) is 0 Å². The van der Waals surface area contributed by atoms with Crippen LogP contribution >= 0.6 is 0 Å². The lowest BCUT2D eigenvalue weighted by Gasteiger charge is -2.24. The Morgan fingerprint density at radius 1 is 1.24 bits per heavy atom. The largest absolute Gasteiger partial charge is 0.341 e. The van der Waals surface area contributed by atoms with Gasteiger partial charge in [0.25, 0.3) is 11.8 Å². The van der Waals surface area contributed by atoms with Gasteiger partial charge in [-0.3, -0.25) is 14.7 Å². The van der Waals surface area contributed by atoms with E-state index in [9.17, 15) is 9.59 Å². The number of carbonyl (C=O) groups is 2. The Bertz CT molecular complexity index is 1330. The van der Waals surface area contributed by atoms with Gasteiger partial charge in [-0.25, -0.2) is 0 Å². The van der Waals surface area contributed by atoms with E-state index in [4.69, 9.17) is 6.42 Å². The lowest BCUT2D eigenvalue weighted by Crippen LogP contribution is -2.27. The van der Waals surface area contributed by atoms with Crippen molar-refractivity contribution in [3.8, 4) is 23.6 Å². The molecule has 2 heterocycles. The molecule has 0 spiro atoms. The molecule has 2 N–H and O–H groups in total. The Morgan fingerprint density at radius 3 is 2.74 bits per heavy atom. The number of H-pyrrole nitrogens is 1. The number of benzene rings is 2. The summed E-state index contributed by atoms with van der Waals surface area (Å²) in [6.45, 7) is 7.31. The van der Waals surface area contributed by atoms with E-state index in [1.165, 1.54) is 11.3 Å². The number of carbonyl (C=O) groups excluding carboxylic acids is 2. The van der Waals surface area contributed by atoms with E-state index in [1.54, 1.807) is 12.1 Å². The second kappa shape index (κ2) is 8.18. The molecule has 1 aliphatic carbocycles. The van der Waals surface area contributed by atoms with Crippen molar-refractivity contribution in [3.63, 3.8) is 0 Å². The zero-order valence-electron chi connectivity index (χ0n) is 19.7. The zero-order chi connectivity index (χ0) is 24.0. The van der Waals surface area contributed by atoms with Crippen LogP contribution in [-0.4, -0.2) is 33.5 Å². The highest BCUT2D eigenvalue weighted by atomic mass is 16.2. The number of fused-ring (bicyclic) bond motifs is 2. The van der Waals surface area contributed by atoms with Crippen LogP contribution in [0.3, 0.4) is 0 Å². The molecule has 2 amide bonds. The van der Waals surface area contributed by atoms with Crippen molar-refractivity contribution in [2.45, 2.75) is 46.2 Å². The first-order chi connectivity index (χ1) is 16.3. The highest BCUT2D eigenvalue weighted by molar-refractivity contribution is 5.99. The third-order valence-corrected chi connectivity index (χ3v) is 6.95. The molecule has 0 radical (unpaired) electrons. The van der Waals surface area contributed by atoms with Crippen LogP contribution in [0.2, 0.25) is 0 Å². The maximum atomic E-state index is 13.2. The number of hydrogen-bond donors (Lipinski definition) is 2. The second-order valence-electron chi connectivity index (χ2n) is 10.0. The van der Waals surface area contributed by atoms with Crippen LogP contribution in [0.4, 0.5) is 0 Å². The van der Waals surface area contributed by atoms with Gasteiger partial charge in [0, 0.05) is 34.5 Å². The molecule has 0 bridgehead atoms. The Balaban J connectivity index is 1.35. The van der Waals surface area contributed by atoms with Gasteiger partial charge in [-0.15, -0.1) is 6.42 Å². The molecule has 1 aromatic heterocycles. The minimum atomic E-state index is -0.206. The summed E-state index contributed by atoms with van der Waals surface area (Å²) in [7, 11) is 0. The number of nitrogens with one attached hydrogen (secondary N) is 2. The monoisotopic (exact) mass is 452 g/mol. The average Bonchev–Trinajstić information content (AvgIpc) is 3.46. The molecule has 5 rings (SSSR count). The number of amides is 2. The molecule has 0 saturated carbocycles. The van der Waals surface area contributed by atoms with Crippen molar-refractivity contribution in [1.82, 2.24) is 20.4 Å². The van der Waals surface area contributed by atoms with Crippen LogP contribution in [0, 0.1) is 17.8 Å². The number of rotatable bonds is 5. The molecule has 6 nitrogen and oxygen atoms in total. The predicted molar refractivity (Wildman–Crippen MR) is 131 cm³/mol. The first-order valence-electron chi connectivity index (χ1n) is 11.6. The van der Waals surface area contributed by atoms with Gasteiger partial charge in [-0.2, -0.15) is 5.10 Å². The molecule has 0 fully saturated rings. The van der Waals surface area contributed by atoms with Crippen LogP contribution in [-0.2, 0) is 19.4 Å². The number of aromatic nitrogens is 2. The van der Waals surface area contributed by atoms with Crippen LogP contribution in [0.15, 0.2) is 42.5 Å². The van der Waals surface area contributed by atoms with Crippen molar-refractivity contribution < 1.29 is 9.59 Å². The lowest BCUT2D eigenvalue weighted by atomic mass is 9.90. The first kappa shape index (κ1) is 22.0. The molecule has 6 heteroatoms. The van der Waals surface area contributed by atoms with E-state index in [-0.39, 0.29) is 29.8 Å². The van der Waals surface area contributed by atoms with Crippen LogP contribution in [0.1, 0.15) is 69.9 Å². The summed E-state index contributed by atoms with van der Waals surface area (Å²) < 4.78 is 0. The molecule has 2 aliphatic rings. The smallest absolute Gasteiger partial charge is 0.255 e. The summed E-state index contributed by atoms with van der Waals surface area (Å²) in [6, 6.07) is 13.3. The van der Waals surface area contributed by atoms with E-state index >= 15 is 0 Å². The quantitative estimate of drug-likeness (QED) is 0.567. The highest BCUT2D eigenvalue weighted by Gasteiger charge is 2.35. The Kier molecular flexibility index (Phi) is 5.28. The molecule has 3 aromatic rings. The molecule has 0 saturated heterocycles. The summed E-state index contributed by atoms with van der Waals surface area (Å²) in [5, 5.41) is 10.5. The van der Waals surface area contributed by atoms with Gasteiger partial charge >= 0.3 is 0 Å². The van der Waals surface area contributed by atoms with Crippen molar-refractivity contribution >= 4 is 11.8 Å². The topological polar surface area (TPSA) is 78.1 Å². The molecule has 172 valence electrons. The number of nitrogens with zero attached hydrogens (tertiary/aromatic N) is 2. The third kappa shape index (κ3) is 3.77. The van der Waals surface area contributed by atoms with Gasteiger partial charge in [0.2, 0.25) is 0 Å². The van der Waals surface area contributed by atoms with Crippen LogP contribution in [0.25, 0.3) is 11.3 Å². The van der Waals surface area contributed by atoms with E-state index in [0.29, 0.717) is 12.1 Å². The second-order valence-corrected chi connectivity index (χ2v) is 10.0. The van der Waals surface area contributed by atoms with Crippen molar-refractivity contribution in [2.75, 3.05) is 6.54 Å². The minimum absolute atomic E-state index is 0.0262. The summed E-state index contributed by atoms with van der Waals surface area (Å²) in [5.41, 5.74) is 8.11. The van der Waals surface area contributed by atoms with Crippen molar-refractivity contribution in [1.29, 1.82) is 0 Å². The zero-order valence-corrected chi connectivity index (χ0v) is 19.7. The average molecular weight is 453 g/mol. The van der Waals surface area contributed by atoms with E-state index in [0.717, 1.165) is 40.8 Å². The minimum Gasteiger partial charge on any atom is -0.341 e. The molecule has 1 aliphatic heterocycles. The summed E-state index contributed by atoms with van der Waals surface area (Å²) in [6.07, 6.45) is 7.21. The van der Waals surface area contributed by atoms with Crippen molar-refractivity contribution in [2.24, 2.45) is 5.41 Å². The Hall–Kier alpha value is -3.85. The normalized spacial score (nSPS) is 16.6. The van der Waals surface area contributed by atoms with Gasteiger partial charge in [-0.05, 0) is 60.6 Å². The summed E-state index contributed by atoms with van der Waals surface area (Å²) >= 11 is 0. The van der Waals surface area contributed by atoms with Gasteiger partial charge < -0.3 is 10.2 Å². The van der Waals surface area contributed by atoms with Gasteiger partial charge in [0.15, 0.2) is 0 Å². The molecule has 34 heavy (non-hydrogen) atoms. The standard InChI is InChI=1S/C28H28N4O2/c1-5-12-29-26(33)19-8-6-18(7-9-19)17(2)32-16-21-13-20(10-11-22(21)27(32)34)25-23-14-28(3,4)15-24(23)30-31-25/h1,6-11,13,17H,12,14-16H2,2-4H3,(H,29,33)(H,30,31)/t17-/m1/s1. The highest BCUT2D eigenvalue weighted by Crippen LogP contribution is 2.41. The van der Waals surface area contributed by atoms with Gasteiger partial charge in [-0.1, -0.05) is 38.0 Å². The molecule has 1 atom stereocenters. The maximum Gasteiger partial charge on any atom is 0.255 e. The molecular formula is C28H28N4O2. The van der Waals surface area contributed by atoms with Crippen LogP contribution < -0.4 is 5.32 Å². The van der Waals surface area contributed by atoms with Gasteiger partial charge in [0.05, 0.1) is 18.3 Å². The summed E-state index contributed by atoms with van der Waals surface area (Å²) in [5.74, 6) is 2.22. The van der Waals surface area contributed by atoms with E-state index < -0.39 is 0 Å². The Labute approximate surface area is 199 Å². The Morgan fingerprint density at radius 2 is 2.00 bits per heavy atom. The number of hydrogen-bond acceptors (Lipinski definition) is 3. The predicted octanol–water partition coefficient (Wildman–Crippen LogP) is 4.28. The molecule has 0 unspecified atom stereocenters. The van der Waals surface area contributed by atoms with E-state index in [1.807, 2.05) is 36.1 Å². The maximum absolute atomic E-state index is 13.2. The lowest BCUT2D eigenvalue weighted by molar-refractivity contribution is 0.0715. The first-order valence-corrected chi connectivity index (χ1v) is 11.6. The fraction of sp³-hybridized carbons (Fsp3) is 0.321. The third-order valence-electron chi connectivity index (χ3n) is 6.95. The fourth-order valence-electron chi connectivity index (χ4n) is 5.13. The SMILES string of the molecule is C#CCNC(=O)c1ccc([C@@H](C)N2Cc3cc(-c4n[nH]c5c4CC(C)(C)C5)ccc3C2=O)cc1. The number of aromatic amines is 1. The number of terminal acetylenes is 1. The van der Waals surface area contributed by atoms with E-state index in [2.05, 4.69) is 41.3 Å². The fourth-order valence-corrected chi connectivity index (χ4v) is 5.13. The van der Waals surface area contributed by atoms with Gasteiger partial charge in [0.1, 0.15) is 0 Å². The summed E-state index contributed by atoms with van der Waals surface area (Å²) in [4.78, 5) is 27.2. The van der Waals surface area contributed by atoms with Crippen molar-refractivity contribution in [3.05, 3.63) is 76.0 Å². The molecule has 2 aromatic carbocycles. The molecular weight excluding hydrogens is 424 g/mol.